The maximum absolute atomic E-state index is 11.8. The Bertz CT molecular complexity index is 438. The van der Waals surface area contributed by atoms with E-state index < -0.39 is 6.10 Å². The van der Waals surface area contributed by atoms with Gasteiger partial charge in [0.25, 0.3) is 0 Å². The summed E-state index contributed by atoms with van der Waals surface area (Å²) in [5.74, 6) is 0. The molecule has 0 radical (unpaired) electrons. The zero-order valence-electron chi connectivity index (χ0n) is 12.8. The van der Waals surface area contributed by atoms with Gasteiger partial charge in [-0.3, -0.25) is 0 Å². The van der Waals surface area contributed by atoms with Crippen LogP contribution in [0.3, 0.4) is 0 Å². The maximum Gasteiger partial charge on any atom is 0.314 e. The van der Waals surface area contributed by atoms with Crippen molar-refractivity contribution in [2.75, 3.05) is 13.1 Å². The highest BCUT2D eigenvalue weighted by atomic mass is 16.3. The van der Waals surface area contributed by atoms with Crippen molar-refractivity contribution in [3.05, 3.63) is 35.9 Å². The van der Waals surface area contributed by atoms with Gasteiger partial charge in [0.2, 0.25) is 0 Å². The Labute approximate surface area is 126 Å². The average molecular weight is 290 g/mol. The second-order valence-corrected chi connectivity index (χ2v) is 6.11. The van der Waals surface area contributed by atoms with E-state index >= 15 is 0 Å². The van der Waals surface area contributed by atoms with Crippen LogP contribution in [0, 0.1) is 5.41 Å². The maximum atomic E-state index is 11.8. The summed E-state index contributed by atoms with van der Waals surface area (Å²) in [5.41, 5.74) is 1.40. The van der Waals surface area contributed by atoms with Crippen LogP contribution in [0.5, 0.6) is 0 Å². The van der Waals surface area contributed by atoms with E-state index in [9.17, 15) is 9.90 Å². The van der Waals surface area contributed by atoms with E-state index in [1.807, 2.05) is 30.3 Å². The number of aliphatic hydroxyl groups excluding tert-OH is 1. The van der Waals surface area contributed by atoms with Gasteiger partial charge in [-0.1, -0.05) is 43.7 Å². The Morgan fingerprint density at radius 1 is 1.29 bits per heavy atom. The lowest BCUT2D eigenvalue weighted by atomic mass is 9.67. The van der Waals surface area contributed by atoms with Crippen LogP contribution in [0.15, 0.2) is 30.3 Å². The average Bonchev–Trinajstić information content (AvgIpc) is 2.45. The lowest BCUT2D eigenvalue weighted by Gasteiger charge is -2.41. The van der Waals surface area contributed by atoms with Gasteiger partial charge in [-0.05, 0) is 30.2 Å². The first-order valence-electron chi connectivity index (χ1n) is 7.87. The molecule has 0 aliphatic heterocycles. The molecule has 1 atom stereocenters. The third-order valence-electron chi connectivity index (χ3n) is 4.60. The topological polar surface area (TPSA) is 61.4 Å². The molecular weight excluding hydrogens is 264 g/mol. The second kappa shape index (κ2) is 7.46. The normalized spacial score (nSPS) is 17.6. The van der Waals surface area contributed by atoms with Crippen LogP contribution >= 0.6 is 0 Å². The van der Waals surface area contributed by atoms with Gasteiger partial charge in [-0.2, -0.15) is 0 Å². The molecular formula is C17H26N2O2. The van der Waals surface area contributed by atoms with E-state index in [0.29, 0.717) is 11.8 Å². The molecule has 116 valence electrons. The van der Waals surface area contributed by atoms with Crippen molar-refractivity contribution in [1.29, 1.82) is 0 Å². The van der Waals surface area contributed by atoms with E-state index in [2.05, 4.69) is 17.6 Å². The molecule has 1 unspecified atom stereocenters. The zero-order valence-corrected chi connectivity index (χ0v) is 12.8. The molecule has 0 spiro atoms. The number of hydrogen-bond acceptors (Lipinski definition) is 2. The Balaban J connectivity index is 1.64. The van der Waals surface area contributed by atoms with Crippen LogP contribution in [-0.4, -0.2) is 30.3 Å². The van der Waals surface area contributed by atoms with Gasteiger partial charge in [0.1, 0.15) is 0 Å². The summed E-state index contributed by atoms with van der Waals surface area (Å²) < 4.78 is 0. The fourth-order valence-electron chi connectivity index (χ4n) is 2.83. The smallest absolute Gasteiger partial charge is 0.314 e. The molecule has 0 bridgehead atoms. The van der Waals surface area contributed by atoms with Crippen LogP contribution < -0.4 is 10.6 Å². The van der Waals surface area contributed by atoms with Crippen LogP contribution in [0.4, 0.5) is 4.79 Å². The monoisotopic (exact) mass is 290 g/mol. The minimum Gasteiger partial charge on any atom is -0.391 e. The summed E-state index contributed by atoms with van der Waals surface area (Å²) in [4.78, 5) is 11.8. The summed E-state index contributed by atoms with van der Waals surface area (Å²) in [6, 6.07) is 9.62. The molecule has 2 rings (SSSR count). The molecule has 4 nitrogen and oxygen atoms in total. The van der Waals surface area contributed by atoms with Crippen molar-refractivity contribution in [3.8, 4) is 0 Å². The summed E-state index contributed by atoms with van der Waals surface area (Å²) in [7, 11) is 0. The number of rotatable bonds is 7. The van der Waals surface area contributed by atoms with E-state index in [1.54, 1.807) is 0 Å². The predicted molar refractivity (Wildman–Crippen MR) is 84.1 cm³/mol. The lowest BCUT2D eigenvalue weighted by molar-refractivity contribution is 0.125. The number of amides is 2. The third kappa shape index (κ3) is 4.74. The standard InChI is InChI=1S/C17H26N2O2/c1-2-17(9-6-10-17)13-19-16(21)18-12-15(20)11-14-7-4-3-5-8-14/h3-5,7-8,15,20H,2,6,9-13H2,1H3,(H2,18,19,21). The molecule has 21 heavy (non-hydrogen) atoms. The minimum absolute atomic E-state index is 0.179. The number of carbonyl (C=O) groups is 1. The van der Waals surface area contributed by atoms with Crippen LogP contribution in [0.25, 0.3) is 0 Å². The highest BCUT2D eigenvalue weighted by Gasteiger charge is 2.35. The van der Waals surface area contributed by atoms with Gasteiger partial charge in [-0.15, -0.1) is 0 Å². The van der Waals surface area contributed by atoms with Gasteiger partial charge < -0.3 is 15.7 Å². The first kappa shape index (κ1) is 15.8. The number of benzene rings is 1. The Morgan fingerprint density at radius 3 is 2.57 bits per heavy atom. The van der Waals surface area contributed by atoms with Crippen LogP contribution in [0.2, 0.25) is 0 Å². The number of carbonyl (C=O) groups excluding carboxylic acids is 1. The quantitative estimate of drug-likeness (QED) is 0.722. The first-order valence-corrected chi connectivity index (χ1v) is 7.87. The number of hydrogen-bond donors (Lipinski definition) is 3. The molecule has 0 aromatic heterocycles. The SMILES string of the molecule is CCC1(CNC(=O)NCC(O)Cc2ccccc2)CCC1. The van der Waals surface area contributed by atoms with Gasteiger partial charge >= 0.3 is 6.03 Å². The molecule has 1 aromatic carbocycles. The Kier molecular flexibility index (Phi) is 5.62. The summed E-state index contributed by atoms with van der Waals surface area (Å²) >= 11 is 0. The molecule has 2 amide bonds. The van der Waals surface area contributed by atoms with Crippen molar-refractivity contribution in [2.45, 2.75) is 45.1 Å². The molecule has 1 aromatic rings. The molecule has 1 aliphatic rings. The molecule has 1 saturated carbocycles. The van der Waals surface area contributed by atoms with Crippen molar-refractivity contribution in [3.63, 3.8) is 0 Å². The fourth-order valence-corrected chi connectivity index (χ4v) is 2.83. The van der Waals surface area contributed by atoms with Gasteiger partial charge in [0, 0.05) is 19.5 Å². The van der Waals surface area contributed by atoms with Crippen LogP contribution in [-0.2, 0) is 6.42 Å². The molecule has 1 fully saturated rings. The number of aliphatic hydroxyl groups is 1. The van der Waals surface area contributed by atoms with Crippen molar-refractivity contribution in [2.24, 2.45) is 5.41 Å². The first-order chi connectivity index (χ1) is 10.1. The Hall–Kier alpha value is -1.55. The third-order valence-corrected chi connectivity index (χ3v) is 4.60. The second-order valence-electron chi connectivity index (χ2n) is 6.11. The highest BCUT2D eigenvalue weighted by Crippen LogP contribution is 2.42. The number of nitrogens with one attached hydrogen (secondary N) is 2. The van der Waals surface area contributed by atoms with Gasteiger partial charge in [-0.25, -0.2) is 4.79 Å². The van der Waals surface area contributed by atoms with Crippen molar-refractivity contribution >= 4 is 6.03 Å². The van der Waals surface area contributed by atoms with E-state index in [0.717, 1.165) is 18.5 Å². The largest absolute Gasteiger partial charge is 0.391 e. The molecule has 0 heterocycles. The molecule has 0 saturated heterocycles. The van der Waals surface area contributed by atoms with Crippen molar-refractivity contribution in [1.82, 2.24) is 10.6 Å². The predicted octanol–water partition coefficient (Wildman–Crippen LogP) is 2.47. The van der Waals surface area contributed by atoms with E-state index in [1.165, 1.54) is 19.3 Å². The molecule has 3 N–H and O–H groups in total. The van der Waals surface area contributed by atoms with Gasteiger partial charge in [0.05, 0.1) is 6.10 Å². The minimum atomic E-state index is -0.554. The van der Waals surface area contributed by atoms with Crippen LogP contribution in [0.1, 0.15) is 38.2 Å². The fraction of sp³-hybridized carbons (Fsp3) is 0.588. The molecule has 1 aliphatic carbocycles. The molecule has 4 heteroatoms. The van der Waals surface area contributed by atoms with Crippen molar-refractivity contribution < 1.29 is 9.90 Å². The highest BCUT2D eigenvalue weighted by molar-refractivity contribution is 5.73. The van der Waals surface area contributed by atoms with E-state index in [4.69, 9.17) is 0 Å². The number of urea groups is 1. The van der Waals surface area contributed by atoms with Gasteiger partial charge in [0.15, 0.2) is 0 Å². The summed E-state index contributed by atoms with van der Waals surface area (Å²) in [5, 5.41) is 15.6. The zero-order chi connectivity index (χ0) is 15.1. The summed E-state index contributed by atoms with van der Waals surface area (Å²) in [6.45, 7) is 3.20. The van der Waals surface area contributed by atoms with E-state index in [-0.39, 0.29) is 12.6 Å². The Morgan fingerprint density at radius 2 is 2.00 bits per heavy atom. The summed E-state index contributed by atoms with van der Waals surface area (Å²) in [6.07, 6.45) is 4.81. The lowest BCUT2D eigenvalue weighted by Crippen LogP contribution is -2.46.